The molecule has 1 saturated heterocycles. The number of nitrogens with one attached hydrogen (secondary N) is 2. The summed E-state index contributed by atoms with van der Waals surface area (Å²) in [5, 5.41) is 4.71. The smallest absolute Gasteiger partial charge is 0.308 e. The van der Waals surface area contributed by atoms with E-state index in [2.05, 4.69) is 10.6 Å². The van der Waals surface area contributed by atoms with Gasteiger partial charge >= 0.3 is 6.03 Å². The molecule has 2 N–H and O–H groups in total. The van der Waals surface area contributed by atoms with E-state index in [4.69, 9.17) is 0 Å². The Morgan fingerprint density at radius 1 is 0.963 bits per heavy atom. The van der Waals surface area contributed by atoms with Crippen LogP contribution < -0.4 is 10.6 Å². The van der Waals surface area contributed by atoms with Crippen LogP contribution in [0.1, 0.15) is 19.3 Å². The fourth-order valence-electron chi connectivity index (χ4n) is 2.86. The number of carbonyl (C=O) groups excluding carboxylic acids is 1. The molecule has 3 rings (SSSR count). The van der Waals surface area contributed by atoms with Crippen molar-refractivity contribution in [2.24, 2.45) is 0 Å². The molecule has 0 spiro atoms. The van der Waals surface area contributed by atoms with E-state index in [1.54, 1.807) is 0 Å². The van der Waals surface area contributed by atoms with Crippen LogP contribution in [0.15, 0.2) is 47.4 Å². The summed E-state index contributed by atoms with van der Waals surface area (Å²) < 4.78 is 53.4. The van der Waals surface area contributed by atoms with E-state index >= 15 is 0 Å². The fourth-order valence-corrected chi connectivity index (χ4v) is 4.43. The van der Waals surface area contributed by atoms with Gasteiger partial charge in [-0.15, -0.1) is 0 Å². The largest absolute Gasteiger partial charge is 0.323 e. The Balaban J connectivity index is 1.72. The molecular formula is C18H19F2N3O3S. The monoisotopic (exact) mass is 395 g/mol. The summed E-state index contributed by atoms with van der Waals surface area (Å²) in [6.45, 7) is 0.953. The first kappa shape index (κ1) is 19.2. The van der Waals surface area contributed by atoms with Crippen molar-refractivity contribution >= 4 is 27.4 Å². The number of amides is 2. The van der Waals surface area contributed by atoms with Gasteiger partial charge in [-0.05, 0) is 43.2 Å². The van der Waals surface area contributed by atoms with Crippen molar-refractivity contribution in [2.75, 3.05) is 23.7 Å². The SMILES string of the molecule is O=C(Nc1cccc(S(=O)(=O)N2CCCCC2)c1)Nc1ccc(F)cc1F. The van der Waals surface area contributed by atoms with Crippen molar-refractivity contribution in [3.8, 4) is 0 Å². The highest BCUT2D eigenvalue weighted by molar-refractivity contribution is 7.89. The minimum absolute atomic E-state index is 0.0789. The second-order valence-electron chi connectivity index (χ2n) is 6.20. The summed E-state index contributed by atoms with van der Waals surface area (Å²) in [6.07, 6.45) is 2.65. The lowest BCUT2D eigenvalue weighted by atomic mass is 10.2. The molecule has 2 aromatic carbocycles. The van der Waals surface area contributed by atoms with Gasteiger partial charge in [0, 0.05) is 24.8 Å². The number of carbonyl (C=O) groups is 1. The second-order valence-corrected chi connectivity index (χ2v) is 8.13. The molecule has 1 fully saturated rings. The van der Waals surface area contributed by atoms with E-state index in [0.717, 1.165) is 31.4 Å². The van der Waals surface area contributed by atoms with Gasteiger partial charge in [-0.1, -0.05) is 12.5 Å². The van der Waals surface area contributed by atoms with E-state index < -0.39 is 27.7 Å². The lowest BCUT2D eigenvalue weighted by Gasteiger charge is -2.26. The molecule has 0 bridgehead atoms. The fraction of sp³-hybridized carbons (Fsp3) is 0.278. The van der Waals surface area contributed by atoms with Gasteiger partial charge in [-0.3, -0.25) is 0 Å². The van der Waals surface area contributed by atoms with Crippen LogP contribution in [0.3, 0.4) is 0 Å². The van der Waals surface area contributed by atoms with Gasteiger partial charge in [0.25, 0.3) is 0 Å². The summed E-state index contributed by atoms with van der Waals surface area (Å²) in [5.41, 5.74) is 0.0547. The van der Waals surface area contributed by atoms with Gasteiger partial charge in [0.05, 0.1) is 10.6 Å². The summed E-state index contributed by atoms with van der Waals surface area (Å²) in [7, 11) is -3.63. The maximum absolute atomic E-state index is 13.6. The maximum Gasteiger partial charge on any atom is 0.323 e. The molecule has 0 atom stereocenters. The lowest BCUT2D eigenvalue weighted by molar-refractivity contribution is 0.262. The zero-order valence-electron chi connectivity index (χ0n) is 14.4. The Kier molecular flexibility index (Phi) is 5.71. The highest BCUT2D eigenvalue weighted by atomic mass is 32.2. The third-order valence-corrected chi connectivity index (χ3v) is 6.12. The second kappa shape index (κ2) is 8.01. The van der Waals surface area contributed by atoms with Crippen LogP contribution in [0.25, 0.3) is 0 Å². The number of rotatable bonds is 4. The first-order valence-corrected chi connectivity index (χ1v) is 9.93. The summed E-state index contributed by atoms with van der Waals surface area (Å²) in [5.74, 6) is -1.67. The average Bonchev–Trinajstić information content (AvgIpc) is 2.65. The molecule has 2 amide bonds. The van der Waals surface area contributed by atoms with Gasteiger partial charge < -0.3 is 10.6 Å². The molecule has 1 aliphatic rings. The third-order valence-electron chi connectivity index (χ3n) is 4.22. The molecule has 144 valence electrons. The molecule has 0 saturated carbocycles. The van der Waals surface area contributed by atoms with E-state index in [0.29, 0.717) is 19.2 Å². The van der Waals surface area contributed by atoms with Crippen molar-refractivity contribution in [3.05, 3.63) is 54.1 Å². The molecule has 0 radical (unpaired) electrons. The van der Waals surface area contributed by atoms with E-state index in [1.165, 1.54) is 28.6 Å². The van der Waals surface area contributed by atoms with Crippen LogP contribution in [0.5, 0.6) is 0 Å². The quantitative estimate of drug-likeness (QED) is 0.827. The third kappa shape index (κ3) is 4.61. The standard InChI is InChI=1S/C18H19F2N3O3S/c19-13-7-8-17(16(20)11-13)22-18(24)21-14-5-4-6-15(12-14)27(25,26)23-9-2-1-3-10-23/h4-8,11-12H,1-3,9-10H2,(H2,21,22,24). The molecule has 0 unspecified atom stereocenters. The number of urea groups is 1. The summed E-state index contributed by atoms with van der Waals surface area (Å²) in [4.78, 5) is 12.1. The Labute approximate surface area is 156 Å². The Morgan fingerprint density at radius 3 is 2.41 bits per heavy atom. The predicted molar refractivity (Wildman–Crippen MR) is 98.1 cm³/mol. The Morgan fingerprint density at radius 2 is 1.70 bits per heavy atom. The lowest BCUT2D eigenvalue weighted by Crippen LogP contribution is -2.35. The Bertz CT molecular complexity index is 945. The van der Waals surface area contributed by atoms with Gasteiger partial charge in [0.2, 0.25) is 10.0 Å². The normalized spacial score (nSPS) is 15.3. The number of sulfonamides is 1. The first-order chi connectivity index (χ1) is 12.9. The maximum atomic E-state index is 13.6. The predicted octanol–water partition coefficient (Wildman–Crippen LogP) is 3.78. The minimum atomic E-state index is -3.63. The highest BCUT2D eigenvalue weighted by Gasteiger charge is 2.26. The molecule has 0 aromatic heterocycles. The number of hydrogen-bond donors (Lipinski definition) is 2. The van der Waals surface area contributed by atoms with Crippen LogP contribution in [0.2, 0.25) is 0 Å². The number of benzene rings is 2. The van der Waals surface area contributed by atoms with Crippen LogP contribution >= 0.6 is 0 Å². The average molecular weight is 395 g/mol. The molecule has 6 nitrogen and oxygen atoms in total. The molecular weight excluding hydrogens is 376 g/mol. The van der Waals surface area contributed by atoms with Crippen molar-refractivity contribution in [3.63, 3.8) is 0 Å². The van der Waals surface area contributed by atoms with Crippen LogP contribution in [-0.2, 0) is 10.0 Å². The van der Waals surface area contributed by atoms with Gasteiger partial charge in [-0.25, -0.2) is 22.0 Å². The van der Waals surface area contributed by atoms with Crippen LogP contribution in [0.4, 0.5) is 25.0 Å². The van der Waals surface area contributed by atoms with Crippen molar-refractivity contribution in [1.29, 1.82) is 0 Å². The number of hydrogen-bond acceptors (Lipinski definition) is 3. The van der Waals surface area contributed by atoms with Crippen LogP contribution in [-0.4, -0.2) is 31.8 Å². The minimum Gasteiger partial charge on any atom is -0.308 e. The van der Waals surface area contributed by atoms with Gasteiger partial charge in [-0.2, -0.15) is 4.31 Å². The molecule has 27 heavy (non-hydrogen) atoms. The number of halogens is 2. The van der Waals surface area contributed by atoms with Crippen molar-refractivity contribution in [2.45, 2.75) is 24.2 Å². The molecule has 9 heteroatoms. The number of anilines is 2. The molecule has 1 aliphatic heterocycles. The highest BCUT2D eigenvalue weighted by Crippen LogP contribution is 2.23. The Hall–Kier alpha value is -2.52. The van der Waals surface area contributed by atoms with Gasteiger partial charge in [0.1, 0.15) is 11.6 Å². The number of nitrogens with zero attached hydrogens (tertiary/aromatic N) is 1. The van der Waals surface area contributed by atoms with E-state index in [9.17, 15) is 22.0 Å². The molecule has 1 heterocycles. The summed E-state index contributed by atoms with van der Waals surface area (Å²) in [6, 6.07) is 7.86. The van der Waals surface area contributed by atoms with Gasteiger partial charge in [0.15, 0.2) is 0 Å². The molecule has 0 aliphatic carbocycles. The van der Waals surface area contributed by atoms with Crippen molar-refractivity contribution < 1.29 is 22.0 Å². The number of piperidine rings is 1. The van der Waals surface area contributed by atoms with E-state index in [1.807, 2.05) is 0 Å². The molecule has 2 aromatic rings. The zero-order valence-corrected chi connectivity index (χ0v) is 15.2. The topological polar surface area (TPSA) is 78.5 Å². The zero-order chi connectivity index (χ0) is 19.4. The van der Waals surface area contributed by atoms with E-state index in [-0.39, 0.29) is 16.3 Å². The summed E-state index contributed by atoms with van der Waals surface area (Å²) >= 11 is 0. The first-order valence-electron chi connectivity index (χ1n) is 8.49. The van der Waals surface area contributed by atoms with Crippen molar-refractivity contribution in [1.82, 2.24) is 4.31 Å². The van der Waals surface area contributed by atoms with Crippen LogP contribution in [0, 0.1) is 11.6 Å².